The monoisotopic (exact) mass is 320 g/mol. The summed E-state index contributed by atoms with van der Waals surface area (Å²) in [5.41, 5.74) is 1.89. The van der Waals surface area contributed by atoms with Gasteiger partial charge < -0.3 is 0 Å². The maximum atomic E-state index is 4.38. The van der Waals surface area contributed by atoms with E-state index in [0.717, 1.165) is 11.4 Å². The first kappa shape index (κ1) is 12.1. The minimum Gasteiger partial charge on any atom is -0.256 e. The van der Waals surface area contributed by atoms with Crippen molar-refractivity contribution >= 4 is 31.9 Å². The summed E-state index contributed by atoms with van der Waals surface area (Å²) in [5, 5.41) is 0. The van der Waals surface area contributed by atoms with E-state index in [0.29, 0.717) is 0 Å². The lowest BCUT2D eigenvalue weighted by Gasteiger charge is -2.18. The summed E-state index contributed by atoms with van der Waals surface area (Å²) < 4.78 is -0.232. The van der Waals surface area contributed by atoms with Crippen molar-refractivity contribution in [2.75, 3.05) is 0 Å². The normalized spacial score (nSPS) is 13.0. The van der Waals surface area contributed by atoms with Gasteiger partial charge in [-0.1, -0.05) is 31.9 Å². The molecule has 78 valence electrons. The molecule has 1 aromatic rings. The minimum atomic E-state index is -0.116. The molecule has 4 heteroatoms. The van der Waals surface area contributed by atoms with Crippen LogP contribution >= 0.6 is 31.9 Å². The standard InChI is InChI=1S/C10H14Br2N2/c1-9(2,11)7-5-14-8(6-13-7)10(3,4)12/h5-6H,1-4H3. The first-order valence-corrected chi connectivity index (χ1v) is 6.00. The number of hydrogen-bond donors (Lipinski definition) is 0. The lowest BCUT2D eigenvalue weighted by molar-refractivity contribution is 0.717. The van der Waals surface area contributed by atoms with Crippen LogP contribution in [-0.4, -0.2) is 9.97 Å². The fourth-order valence-electron chi connectivity index (χ4n) is 0.942. The summed E-state index contributed by atoms with van der Waals surface area (Å²) in [5.74, 6) is 0. The average molecular weight is 322 g/mol. The first-order valence-electron chi connectivity index (χ1n) is 4.42. The highest BCUT2D eigenvalue weighted by Gasteiger charge is 2.21. The molecule has 0 bridgehead atoms. The fourth-order valence-corrected chi connectivity index (χ4v) is 1.35. The molecule has 0 saturated carbocycles. The summed E-state index contributed by atoms with van der Waals surface area (Å²) in [4.78, 5) is 8.75. The molecule has 0 radical (unpaired) electrons. The van der Waals surface area contributed by atoms with Gasteiger partial charge in [0, 0.05) is 0 Å². The summed E-state index contributed by atoms with van der Waals surface area (Å²) in [6, 6.07) is 0. The Morgan fingerprint density at radius 3 is 1.29 bits per heavy atom. The predicted octanol–water partition coefficient (Wildman–Crippen LogP) is 3.74. The van der Waals surface area contributed by atoms with Crippen molar-refractivity contribution in [3.8, 4) is 0 Å². The van der Waals surface area contributed by atoms with Gasteiger partial charge in [0.1, 0.15) is 0 Å². The molecule has 0 saturated heterocycles. The van der Waals surface area contributed by atoms with E-state index in [-0.39, 0.29) is 8.65 Å². The van der Waals surface area contributed by atoms with Crippen molar-refractivity contribution in [1.82, 2.24) is 9.97 Å². The summed E-state index contributed by atoms with van der Waals surface area (Å²) >= 11 is 7.09. The number of hydrogen-bond acceptors (Lipinski definition) is 2. The third-order valence-electron chi connectivity index (χ3n) is 1.87. The average Bonchev–Trinajstić information content (AvgIpc) is 2.01. The highest BCUT2D eigenvalue weighted by atomic mass is 79.9. The van der Waals surface area contributed by atoms with Crippen LogP contribution in [0.25, 0.3) is 0 Å². The maximum Gasteiger partial charge on any atom is 0.0748 e. The Bertz CT molecular complexity index is 273. The fraction of sp³-hybridized carbons (Fsp3) is 0.600. The van der Waals surface area contributed by atoms with Crippen LogP contribution in [0, 0.1) is 0 Å². The molecule has 1 rings (SSSR count). The van der Waals surface area contributed by atoms with Gasteiger partial charge in [0.05, 0.1) is 32.4 Å². The Morgan fingerprint density at radius 2 is 1.14 bits per heavy atom. The highest BCUT2D eigenvalue weighted by molar-refractivity contribution is 9.09. The molecular weight excluding hydrogens is 308 g/mol. The lowest BCUT2D eigenvalue weighted by atomic mass is 10.1. The predicted molar refractivity (Wildman–Crippen MR) is 65.9 cm³/mol. The van der Waals surface area contributed by atoms with Gasteiger partial charge in [-0.15, -0.1) is 0 Å². The van der Waals surface area contributed by atoms with Gasteiger partial charge in [0.2, 0.25) is 0 Å². The number of alkyl halides is 2. The molecule has 0 spiro atoms. The minimum absolute atomic E-state index is 0.116. The number of rotatable bonds is 2. The van der Waals surface area contributed by atoms with Gasteiger partial charge >= 0.3 is 0 Å². The third-order valence-corrected chi connectivity index (χ3v) is 2.68. The van der Waals surface area contributed by atoms with Crippen LogP contribution in [0.4, 0.5) is 0 Å². The van der Waals surface area contributed by atoms with Gasteiger partial charge in [-0.2, -0.15) is 0 Å². The Morgan fingerprint density at radius 1 is 0.857 bits per heavy atom. The molecule has 0 aliphatic carbocycles. The van der Waals surface area contributed by atoms with Gasteiger partial charge in [0.15, 0.2) is 0 Å². The molecule has 1 heterocycles. The van der Waals surface area contributed by atoms with Crippen LogP contribution in [0.1, 0.15) is 39.1 Å². The molecule has 0 atom stereocenters. The van der Waals surface area contributed by atoms with Crippen molar-refractivity contribution in [3.05, 3.63) is 23.8 Å². The van der Waals surface area contributed by atoms with E-state index in [9.17, 15) is 0 Å². The second kappa shape index (κ2) is 3.89. The molecule has 0 unspecified atom stereocenters. The summed E-state index contributed by atoms with van der Waals surface area (Å²) in [6.07, 6.45) is 3.63. The second-order valence-corrected chi connectivity index (χ2v) is 8.20. The van der Waals surface area contributed by atoms with Gasteiger partial charge in [0.25, 0.3) is 0 Å². The third kappa shape index (κ3) is 3.02. The quantitative estimate of drug-likeness (QED) is 0.775. The number of nitrogens with zero attached hydrogens (tertiary/aromatic N) is 2. The molecule has 0 aliphatic heterocycles. The molecular formula is C10H14Br2N2. The molecule has 0 aliphatic rings. The van der Waals surface area contributed by atoms with Gasteiger partial charge in [-0.3, -0.25) is 9.97 Å². The van der Waals surface area contributed by atoms with E-state index in [1.807, 2.05) is 12.4 Å². The van der Waals surface area contributed by atoms with Crippen LogP contribution in [-0.2, 0) is 8.65 Å². The van der Waals surface area contributed by atoms with Crippen LogP contribution in [0.2, 0.25) is 0 Å². The summed E-state index contributed by atoms with van der Waals surface area (Å²) in [7, 11) is 0. The van der Waals surface area contributed by atoms with E-state index in [4.69, 9.17) is 0 Å². The Hall–Kier alpha value is 0.0400. The molecule has 0 amide bonds. The van der Waals surface area contributed by atoms with Gasteiger partial charge in [-0.25, -0.2) is 0 Å². The van der Waals surface area contributed by atoms with Gasteiger partial charge in [-0.05, 0) is 27.7 Å². The maximum absolute atomic E-state index is 4.38. The van der Waals surface area contributed by atoms with E-state index in [1.165, 1.54) is 0 Å². The van der Waals surface area contributed by atoms with Crippen LogP contribution in [0.5, 0.6) is 0 Å². The number of aromatic nitrogens is 2. The van der Waals surface area contributed by atoms with Crippen molar-refractivity contribution in [3.63, 3.8) is 0 Å². The summed E-state index contributed by atoms with van der Waals surface area (Å²) in [6.45, 7) is 8.21. The highest BCUT2D eigenvalue weighted by Crippen LogP contribution is 2.30. The van der Waals surface area contributed by atoms with E-state index >= 15 is 0 Å². The van der Waals surface area contributed by atoms with Crippen molar-refractivity contribution in [1.29, 1.82) is 0 Å². The lowest BCUT2D eigenvalue weighted by Crippen LogP contribution is -2.14. The molecule has 2 nitrogen and oxygen atoms in total. The zero-order valence-corrected chi connectivity index (χ0v) is 12.0. The molecule has 0 fully saturated rings. The Kier molecular flexibility index (Phi) is 3.37. The van der Waals surface area contributed by atoms with E-state index in [1.54, 1.807) is 0 Å². The smallest absolute Gasteiger partial charge is 0.0748 e. The largest absolute Gasteiger partial charge is 0.256 e. The van der Waals surface area contributed by atoms with Crippen LogP contribution < -0.4 is 0 Å². The molecule has 1 aromatic heterocycles. The van der Waals surface area contributed by atoms with Crippen molar-refractivity contribution < 1.29 is 0 Å². The zero-order chi connectivity index (χ0) is 11.0. The van der Waals surface area contributed by atoms with E-state index < -0.39 is 0 Å². The first-order chi connectivity index (χ1) is 6.21. The number of halogens is 2. The van der Waals surface area contributed by atoms with Crippen LogP contribution in [0.3, 0.4) is 0 Å². The topological polar surface area (TPSA) is 25.8 Å². The second-order valence-electron chi connectivity index (χ2n) is 4.23. The van der Waals surface area contributed by atoms with Crippen molar-refractivity contribution in [2.24, 2.45) is 0 Å². The SMILES string of the molecule is CC(C)(Br)c1cnc(C(C)(C)Br)cn1. The van der Waals surface area contributed by atoms with Crippen LogP contribution in [0.15, 0.2) is 12.4 Å². The molecule has 0 aromatic carbocycles. The van der Waals surface area contributed by atoms with Crippen molar-refractivity contribution in [2.45, 2.75) is 36.3 Å². The Labute approximate surface area is 102 Å². The molecule has 0 N–H and O–H groups in total. The Balaban J connectivity index is 3.02. The van der Waals surface area contributed by atoms with E-state index in [2.05, 4.69) is 69.5 Å². The zero-order valence-electron chi connectivity index (χ0n) is 8.81. The molecule has 14 heavy (non-hydrogen) atoms.